The topological polar surface area (TPSA) is 85.4 Å². The zero-order chi connectivity index (χ0) is 15.3. The van der Waals surface area contributed by atoms with E-state index in [0.717, 1.165) is 13.0 Å². The summed E-state index contributed by atoms with van der Waals surface area (Å²) < 4.78 is 11.2. The number of aromatic nitrogens is 2. The molecule has 7 nitrogen and oxygen atoms in total. The first-order chi connectivity index (χ1) is 10.0. The van der Waals surface area contributed by atoms with E-state index in [4.69, 9.17) is 9.47 Å². The third kappa shape index (κ3) is 4.37. The molecule has 1 aromatic heterocycles. The summed E-state index contributed by atoms with van der Waals surface area (Å²) in [6.07, 6.45) is 0.809. The average Bonchev–Trinajstić information content (AvgIpc) is 2.91. The molecule has 0 radical (unpaired) electrons. The Balaban J connectivity index is 1.81. The lowest BCUT2D eigenvalue weighted by molar-refractivity contribution is -0.153. The lowest BCUT2D eigenvalue weighted by Crippen LogP contribution is -2.30. The highest BCUT2D eigenvalue weighted by Crippen LogP contribution is 2.26. The fraction of sp³-hybridized carbons (Fsp3) is 0.643. The van der Waals surface area contributed by atoms with Gasteiger partial charge in [-0.3, -0.25) is 4.79 Å². The second kappa shape index (κ2) is 6.82. The largest absolute Gasteiger partial charge is 0.368 e. The van der Waals surface area contributed by atoms with E-state index in [9.17, 15) is 4.79 Å². The first-order valence-corrected chi connectivity index (χ1v) is 7.10. The lowest BCUT2D eigenvalue weighted by atomic mass is 10.0. The van der Waals surface area contributed by atoms with Crippen molar-refractivity contribution in [3.8, 4) is 0 Å². The number of nitrogens with one attached hydrogen (secondary N) is 2. The first kappa shape index (κ1) is 15.7. The Hall–Kier alpha value is -1.73. The summed E-state index contributed by atoms with van der Waals surface area (Å²) in [7, 11) is 1.56. The maximum atomic E-state index is 11.4. The minimum absolute atomic E-state index is 0.245. The van der Waals surface area contributed by atoms with Gasteiger partial charge in [0.05, 0.1) is 13.2 Å². The minimum Gasteiger partial charge on any atom is -0.368 e. The summed E-state index contributed by atoms with van der Waals surface area (Å²) in [6.45, 7) is 6.13. The van der Waals surface area contributed by atoms with Gasteiger partial charge in [-0.15, -0.1) is 10.2 Å². The average molecular weight is 294 g/mol. The molecule has 2 rings (SSSR count). The highest BCUT2D eigenvalue weighted by atomic mass is 16.7. The van der Waals surface area contributed by atoms with Crippen molar-refractivity contribution in [2.45, 2.75) is 26.1 Å². The van der Waals surface area contributed by atoms with Gasteiger partial charge in [0.15, 0.2) is 11.5 Å². The Kier molecular flexibility index (Phi) is 5.08. The number of anilines is 1. The summed E-state index contributed by atoms with van der Waals surface area (Å²) in [5, 5.41) is 13.6. The Morgan fingerprint density at radius 2 is 2.10 bits per heavy atom. The minimum atomic E-state index is -0.476. The first-order valence-electron chi connectivity index (χ1n) is 7.10. The maximum Gasteiger partial charge on any atom is 0.271 e. The Morgan fingerprint density at radius 1 is 1.38 bits per heavy atom. The standard InChI is InChI=1S/C14H22N4O3/c1-10(8-14(2)20-6-7-21-14)9-16-12-5-4-11(17-18-12)13(19)15-3/h4-5,10H,6-9H2,1-3H3,(H,15,19)(H,16,18). The summed E-state index contributed by atoms with van der Waals surface area (Å²) in [6, 6.07) is 3.39. The molecule has 2 N–H and O–H groups in total. The smallest absolute Gasteiger partial charge is 0.271 e. The molecule has 0 aromatic carbocycles. The summed E-state index contributed by atoms with van der Waals surface area (Å²) in [5.74, 6) is 0.280. The van der Waals surface area contributed by atoms with Crippen LogP contribution < -0.4 is 10.6 Å². The number of rotatable bonds is 6. The van der Waals surface area contributed by atoms with Gasteiger partial charge in [-0.2, -0.15) is 0 Å². The van der Waals surface area contributed by atoms with Crippen LogP contribution in [0.5, 0.6) is 0 Å². The highest BCUT2D eigenvalue weighted by molar-refractivity contribution is 5.91. The van der Waals surface area contributed by atoms with E-state index in [1.807, 2.05) is 6.92 Å². The molecule has 1 fully saturated rings. The molecule has 0 spiro atoms. The normalized spacial score (nSPS) is 18.2. The molecule has 116 valence electrons. The molecule has 1 unspecified atom stereocenters. The van der Waals surface area contributed by atoms with Crippen LogP contribution in [-0.4, -0.2) is 48.7 Å². The van der Waals surface area contributed by atoms with Crippen LogP contribution >= 0.6 is 0 Å². The third-order valence-electron chi connectivity index (χ3n) is 3.37. The fourth-order valence-electron chi connectivity index (χ4n) is 2.33. The van der Waals surface area contributed by atoms with Crippen molar-refractivity contribution in [2.75, 3.05) is 32.1 Å². The molecule has 0 bridgehead atoms. The number of carbonyl (C=O) groups is 1. The van der Waals surface area contributed by atoms with Crippen LogP contribution in [0.25, 0.3) is 0 Å². The van der Waals surface area contributed by atoms with E-state index in [1.165, 1.54) is 0 Å². The lowest BCUT2D eigenvalue weighted by Gasteiger charge is -2.26. The molecule has 1 atom stereocenters. The van der Waals surface area contributed by atoms with Crippen LogP contribution in [0.2, 0.25) is 0 Å². The van der Waals surface area contributed by atoms with Crippen LogP contribution in [0, 0.1) is 5.92 Å². The predicted molar refractivity (Wildman–Crippen MR) is 78.0 cm³/mol. The number of amides is 1. The van der Waals surface area contributed by atoms with Crippen LogP contribution in [0.1, 0.15) is 30.8 Å². The van der Waals surface area contributed by atoms with E-state index in [2.05, 4.69) is 27.8 Å². The van der Waals surface area contributed by atoms with Crippen molar-refractivity contribution in [1.29, 1.82) is 0 Å². The van der Waals surface area contributed by atoms with E-state index < -0.39 is 5.79 Å². The summed E-state index contributed by atoms with van der Waals surface area (Å²) in [4.78, 5) is 11.4. The molecule has 0 aliphatic carbocycles. The van der Waals surface area contributed by atoms with E-state index in [0.29, 0.717) is 30.6 Å². The SMILES string of the molecule is CNC(=O)c1ccc(NCC(C)CC2(C)OCCO2)nn1. The Bertz CT molecular complexity index is 472. The number of hydrogen-bond donors (Lipinski definition) is 2. The molecule has 1 aromatic rings. The van der Waals surface area contributed by atoms with Gasteiger partial charge in [0.25, 0.3) is 5.91 Å². The number of nitrogens with zero attached hydrogens (tertiary/aromatic N) is 2. The van der Waals surface area contributed by atoms with Crippen molar-refractivity contribution in [1.82, 2.24) is 15.5 Å². The van der Waals surface area contributed by atoms with Gasteiger partial charge in [-0.1, -0.05) is 6.92 Å². The van der Waals surface area contributed by atoms with Gasteiger partial charge in [0.1, 0.15) is 5.82 Å². The molecule has 7 heteroatoms. The highest BCUT2D eigenvalue weighted by Gasteiger charge is 2.32. The van der Waals surface area contributed by atoms with Gasteiger partial charge in [-0.25, -0.2) is 0 Å². The zero-order valence-electron chi connectivity index (χ0n) is 12.7. The summed E-state index contributed by atoms with van der Waals surface area (Å²) >= 11 is 0. The predicted octanol–water partition coefficient (Wildman–Crippen LogP) is 1.04. The van der Waals surface area contributed by atoms with Crippen molar-refractivity contribution in [3.05, 3.63) is 17.8 Å². The second-order valence-corrected chi connectivity index (χ2v) is 5.40. The molecule has 21 heavy (non-hydrogen) atoms. The molecular formula is C14H22N4O3. The Labute approximate surface area is 124 Å². The quantitative estimate of drug-likeness (QED) is 0.815. The Morgan fingerprint density at radius 3 is 2.67 bits per heavy atom. The van der Waals surface area contributed by atoms with Crippen molar-refractivity contribution >= 4 is 11.7 Å². The van der Waals surface area contributed by atoms with E-state index >= 15 is 0 Å². The number of ether oxygens (including phenoxy) is 2. The molecule has 1 aliphatic heterocycles. The third-order valence-corrected chi connectivity index (χ3v) is 3.37. The molecule has 0 saturated carbocycles. The van der Waals surface area contributed by atoms with E-state index in [1.54, 1.807) is 19.2 Å². The molecule has 1 aliphatic rings. The van der Waals surface area contributed by atoms with E-state index in [-0.39, 0.29) is 5.91 Å². The fourth-order valence-corrected chi connectivity index (χ4v) is 2.33. The molecule has 2 heterocycles. The number of hydrogen-bond acceptors (Lipinski definition) is 6. The zero-order valence-corrected chi connectivity index (χ0v) is 12.7. The van der Waals surface area contributed by atoms with Gasteiger partial charge in [0.2, 0.25) is 0 Å². The van der Waals surface area contributed by atoms with Crippen molar-refractivity contribution in [2.24, 2.45) is 5.92 Å². The van der Waals surface area contributed by atoms with Gasteiger partial charge in [0, 0.05) is 20.0 Å². The van der Waals surface area contributed by atoms with Gasteiger partial charge >= 0.3 is 0 Å². The second-order valence-electron chi connectivity index (χ2n) is 5.40. The van der Waals surface area contributed by atoms with Crippen LogP contribution in [0.15, 0.2) is 12.1 Å². The van der Waals surface area contributed by atoms with Crippen LogP contribution in [-0.2, 0) is 9.47 Å². The van der Waals surface area contributed by atoms with Crippen molar-refractivity contribution in [3.63, 3.8) is 0 Å². The number of carbonyl (C=O) groups excluding carboxylic acids is 1. The van der Waals surface area contributed by atoms with Crippen LogP contribution in [0.3, 0.4) is 0 Å². The van der Waals surface area contributed by atoms with Gasteiger partial charge in [-0.05, 0) is 25.0 Å². The van der Waals surface area contributed by atoms with Crippen LogP contribution in [0.4, 0.5) is 5.82 Å². The molecule has 1 saturated heterocycles. The van der Waals surface area contributed by atoms with Crippen molar-refractivity contribution < 1.29 is 14.3 Å². The molecule has 1 amide bonds. The summed E-state index contributed by atoms with van der Waals surface area (Å²) in [5.41, 5.74) is 0.302. The monoisotopic (exact) mass is 294 g/mol. The molecular weight excluding hydrogens is 272 g/mol. The van der Waals surface area contributed by atoms with Gasteiger partial charge < -0.3 is 20.1 Å². The maximum absolute atomic E-state index is 11.4.